The van der Waals surface area contributed by atoms with Crippen molar-refractivity contribution in [1.29, 1.82) is 0 Å². The van der Waals surface area contributed by atoms with Gasteiger partial charge < -0.3 is 15.0 Å². The Morgan fingerprint density at radius 3 is 2.44 bits per heavy atom. The number of hydrogen-bond acceptors (Lipinski definition) is 4. The van der Waals surface area contributed by atoms with Crippen LogP contribution in [0.2, 0.25) is 0 Å². The maximum atomic E-state index is 12.1. The zero-order valence-corrected chi connectivity index (χ0v) is 16.1. The molecule has 1 N–H and O–H groups in total. The van der Waals surface area contributed by atoms with Crippen molar-refractivity contribution in [2.24, 2.45) is 0 Å². The monoisotopic (exact) mass is 364 g/mol. The number of piperidine rings is 1. The molecule has 1 heterocycles. The fraction of sp³-hybridized carbons (Fsp3) is 0.579. The van der Waals surface area contributed by atoms with Crippen molar-refractivity contribution in [3.63, 3.8) is 0 Å². The van der Waals surface area contributed by atoms with Crippen LogP contribution in [0.15, 0.2) is 35.2 Å². The predicted octanol–water partition coefficient (Wildman–Crippen LogP) is 3.68. The van der Waals surface area contributed by atoms with Gasteiger partial charge in [0.2, 0.25) is 5.91 Å². The molecule has 2 rings (SSSR count). The van der Waals surface area contributed by atoms with Gasteiger partial charge in [-0.05, 0) is 45.7 Å². The van der Waals surface area contributed by atoms with Crippen LogP contribution in [-0.4, -0.2) is 47.4 Å². The molecule has 25 heavy (non-hydrogen) atoms. The first-order valence-corrected chi connectivity index (χ1v) is 9.77. The van der Waals surface area contributed by atoms with Crippen LogP contribution in [0.25, 0.3) is 0 Å². The van der Waals surface area contributed by atoms with E-state index in [4.69, 9.17) is 4.74 Å². The topological polar surface area (TPSA) is 58.6 Å². The van der Waals surface area contributed by atoms with Crippen molar-refractivity contribution in [1.82, 2.24) is 10.2 Å². The second-order valence-corrected chi connectivity index (χ2v) is 8.39. The number of amides is 2. The third-order valence-electron chi connectivity index (χ3n) is 3.85. The van der Waals surface area contributed by atoms with Crippen molar-refractivity contribution < 1.29 is 14.3 Å². The van der Waals surface area contributed by atoms with Gasteiger partial charge >= 0.3 is 6.09 Å². The summed E-state index contributed by atoms with van der Waals surface area (Å²) in [4.78, 5) is 27.0. The summed E-state index contributed by atoms with van der Waals surface area (Å²) in [5.41, 5.74) is -0.474. The molecule has 5 nitrogen and oxygen atoms in total. The minimum atomic E-state index is -0.474. The summed E-state index contributed by atoms with van der Waals surface area (Å²) in [7, 11) is 0. The van der Waals surface area contributed by atoms with Crippen LogP contribution >= 0.6 is 11.8 Å². The van der Waals surface area contributed by atoms with E-state index >= 15 is 0 Å². The van der Waals surface area contributed by atoms with Crippen LogP contribution in [0.3, 0.4) is 0 Å². The summed E-state index contributed by atoms with van der Waals surface area (Å²) < 4.78 is 5.39. The van der Waals surface area contributed by atoms with Crippen molar-refractivity contribution >= 4 is 23.8 Å². The summed E-state index contributed by atoms with van der Waals surface area (Å²) in [6, 6.07) is 10.2. The van der Waals surface area contributed by atoms with Gasteiger partial charge in [0.15, 0.2) is 0 Å². The maximum Gasteiger partial charge on any atom is 0.410 e. The predicted molar refractivity (Wildman–Crippen MR) is 101 cm³/mol. The van der Waals surface area contributed by atoms with Gasteiger partial charge in [-0.3, -0.25) is 4.79 Å². The second kappa shape index (κ2) is 9.13. The number of ether oxygens (including phenoxy) is 1. The number of hydrogen-bond donors (Lipinski definition) is 1. The molecule has 2 amide bonds. The molecule has 0 unspecified atom stereocenters. The first kappa shape index (κ1) is 19.6. The molecule has 0 aliphatic carbocycles. The lowest BCUT2D eigenvalue weighted by molar-refractivity contribution is -0.121. The van der Waals surface area contributed by atoms with Crippen LogP contribution in [0.5, 0.6) is 0 Å². The van der Waals surface area contributed by atoms with E-state index in [1.165, 1.54) is 4.90 Å². The van der Waals surface area contributed by atoms with Crippen LogP contribution in [-0.2, 0) is 9.53 Å². The molecule has 1 aliphatic heterocycles. The molecule has 0 aromatic heterocycles. The molecule has 6 heteroatoms. The van der Waals surface area contributed by atoms with Gasteiger partial charge in [0.05, 0.1) is 0 Å². The molecule has 1 fully saturated rings. The molecule has 0 saturated carbocycles. The summed E-state index contributed by atoms with van der Waals surface area (Å²) >= 11 is 1.69. The molecular weight excluding hydrogens is 336 g/mol. The third kappa shape index (κ3) is 7.38. The molecule has 1 aromatic rings. The lowest BCUT2D eigenvalue weighted by Crippen LogP contribution is -2.47. The molecular formula is C19H28N2O3S. The van der Waals surface area contributed by atoms with Crippen molar-refractivity contribution in [2.45, 2.75) is 56.6 Å². The SMILES string of the molecule is CC(C)(C)OC(=O)N1CCC(NC(=O)CCSc2ccccc2)CC1. The van der Waals surface area contributed by atoms with E-state index in [1.807, 2.05) is 39.0 Å². The minimum Gasteiger partial charge on any atom is -0.444 e. The molecule has 138 valence electrons. The molecule has 0 atom stereocenters. The lowest BCUT2D eigenvalue weighted by Gasteiger charge is -2.33. The first-order chi connectivity index (χ1) is 11.8. The fourth-order valence-corrected chi connectivity index (χ4v) is 3.48. The summed E-state index contributed by atoms with van der Waals surface area (Å²) in [5.74, 6) is 0.853. The van der Waals surface area contributed by atoms with E-state index < -0.39 is 5.60 Å². The number of nitrogens with zero attached hydrogens (tertiary/aromatic N) is 1. The minimum absolute atomic E-state index is 0.0825. The van der Waals surface area contributed by atoms with Gasteiger partial charge in [-0.2, -0.15) is 0 Å². The number of nitrogens with one attached hydrogen (secondary N) is 1. The molecule has 0 spiro atoms. The Morgan fingerprint density at radius 1 is 1.20 bits per heavy atom. The average molecular weight is 365 g/mol. The number of rotatable bonds is 5. The smallest absolute Gasteiger partial charge is 0.410 e. The van der Waals surface area contributed by atoms with E-state index in [-0.39, 0.29) is 18.0 Å². The molecule has 0 radical (unpaired) electrons. The first-order valence-electron chi connectivity index (χ1n) is 8.78. The van der Waals surface area contributed by atoms with Gasteiger partial charge in [-0.1, -0.05) is 18.2 Å². The lowest BCUT2D eigenvalue weighted by atomic mass is 10.1. The normalized spacial score (nSPS) is 15.7. The molecule has 1 saturated heterocycles. The Kier molecular flexibility index (Phi) is 7.17. The fourth-order valence-electron chi connectivity index (χ4n) is 2.61. The van der Waals surface area contributed by atoms with Crippen LogP contribution in [0.1, 0.15) is 40.0 Å². The summed E-state index contributed by atoms with van der Waals surface area (Å²) in [6.07, 6.45) is 1.79. The van der Waals surface area contributed by atoms with Crippen LogP contribution in [0, 0.1) is 0 Å². The Bertz CT molecular complexity index is 564. The van der Waals surface area contributed by atoms with Gasteiger partial charge in [-0.25, -0.2) is 4.79 Å². The average Bonchev–Trinajstić information content (AvgIpc) is 2.55. The van der Waals surface area contributed by atoms with Crippen molar-refractivity contribution in [3.05, 3.63) is 30.3 Å². The Hall–Kier alpha value is -1.69. The largest absolute Gasteiger partial charge is 0.444 e. The molecule has 0 bridgehead atoms. The summed E-state index contributed by atoms with van der Waals surface area (Å²) in [6.45, 7) is 6.85. The number of likely N-dealkylation sites (tertiary alicyclic amines) is 1. The van der Waals surface area contributed by atoms with Crippen molar-refractivity contribution in [3.8, 4) is 0 Å². The standard InChI is InChI=1S/C19H28N2O3S/c1-19(2,3)24-18(23)21-12-9-15(10-13-21)20-17(22)11-14-25-16-7-5-4-6-8-16/h4-8,15H,9-14H2,1-3H3,(H,20,22). The Labute approximate surface area is 154 Å². The van der Waals surface area contributed by atoms with E-state index in [1.54, 1.807) is 16.7 Å². The van der Waals surface area contributed by atoms with Gasteiger partial charge in [0.25, 0.3) is 0 Å². The highest BCUT2D eigenvalue weighted by atomic mass is 32.2. The summed E-state index contributed by atoms with van der Waals surface area (Å²) in [5, 5.41) is 3.08. The molecule has 1 aromatic carbocycles. The number of carbonyl (C=O) groups is 2. The highest BCUT2D eigenvalue weighted by Gasteiger charge is 2.27. The third-order valence-corrected chi connectivity index (χ3v) is 4.87. The number of thioether (sulfide) groups is 1. The zero-order chi connectivity index (χ0) is 18.3. The quantitative estimate of drug-likeness (QED) is 0.810. The zero-order valence-electron chi connectivity index (χ0n) is 15.3. The van der Waals surface area contributed by atoms with E-state index in [0.29, 0.717) is 19.5 Å². The Balaban J connectivity index is 1.64. The number of carbonyl (C=O) groups excluding carboxylic acids is 2. The number of benzene rings is 1. The maximum absolute atomic E-state index is 12.1. The van der Waals surface area contributed by atoms with Gasteiger partial charge in [-0.15, -0.1) is 11.8 Å². The highest BCUT2D eigenvalue weighted by Crippen LogP contribution is 2.18. The van der Waals surface area contributed by atoms with Crippen LogP contribution < -0.4 is 5.32 Å². The van der Waals surface area contributed by atoms with E-state index in [0.717, 1.165) is 18.6 Å². The highest BCUT2D eigenvalue weighted by molar-refractivity contribution is 7.99. The van der Waals surface area contributed by atoms with E-state index in [2.05, 4.69) is 17.4 Å². The van der Waals surface area contributed by atoms with Crippen LogP contribution in [0.4, 0.5) is 4.79 Å². The van der Waals surface area contributed by atoms with Gasteiger partial charge in [0.1, 0.15) is 5.60 Å². The molecule has 1 aliphatic rings. The second-order valence-electron chi connectivity index (χ2n) is 7.22. The Morgan fingerprint density at radius 2 is 1.84 bits per heavy atom. The van der Waals surface area contributed by atoms with E-state index in [9.17, 15) is 9.59 Å². The van der Waals surface area contributed by atoms with Gasteiger partial charge in [0, 0.05) is 36.2 Å². The van der Waals surface area contributed by atoms with Crippen molar-refractivity contribution in [2.75, 3.05) is 18.8 Å².